The largest absolute Gasteiger partial charge is 0.399 e. The van der Waals surface area contributed by atoms with Crippen molar-refractivity contribution in [3.05, 3.63) is 28.8 Å². The number of nitrogens with two attached hydrogens (primary N) is 1. The van der Waals surface area contributed by atoms with Gasteiger partial charge >= 0.3 is 0 Å². The SMILES string of the molecule is CC(C)CN(Cc1cc(N)cc(Cl)c1)C1CCCC1. The second-order valence-corrected chi connectivity index (χ2v) is 6.59. The Morgan fingerprint density at radius 1 is 1.26 bits per heavy atom. The highest BCUT2D eigenvalue weighted by molar-refractivity contribution is 6.30. The third kappa shape index (κ3) is 4.39. The first kappa shape index (κ1) is 14.7. The number of nitrogen functional groups attached to an aromatic ring is 1. The summed E-state index contributed by atoms with van der Waals surface area (Å²) in [6.45, 7) is 6.69. The van der Waals surface area contributed by atoms with Crippen LogP contribution >= 0.6 is 11.6 Å². The predicted octanol–water partition coefficient (Wildman–Crippen LogP) is 4.32. The van der Waals surface area contributed by atoms with Gasteiger partial charge in [-0.3, -0.25) is 4.90 Å². The number of halogens is 1. The van der Waals surface area contributed by atoms with Crippen molar-refractivity contribution in [2.24, 2.45) is 5.92 Å². The molecule has 1 aromatic carbocycles. The van der Waals surface area contributed by atoms with E-state index in [4.69, 9.17) is 17.3 Å². The van der Waals surface area contributed by atoms with Crippen LogP contribution in [0.2, 0.25) is 5.02 Å². The molecule has 1 aromatic rings. The Kier molecular flexibility index (Phi) is 5.12. The average Bonchev–Trinajstić information content (AvgIpc) is 2.79. The van der Waals surface area contributed by atoms with Gasteiger partial charge in [0, 0.05) is 29.8 Å². The average molecular weight is 281 g/mol. The fraction of sp³-hybridized carbons (Fsp3) is 0.625. The lowest BCUT2D eigenvalue weighted by Gasteiger charge is -2.30. The summed E-state index contributed by atoms with van der Waals surface area (Å²) in [4.78, 5) is 2.61. The molecular weight excluding hydrogens is 256 g/mol. The molecule has 0 saturated heterocycles. The van der Waals surface area contributed by atoms with Crippen molar-refractivity contribution in [1.29, 1.82) is 0 Å². The summed E-state index contributed by atoms with van der Waals surface area (Å²) < 4.78 is 0. The molecule has 0 heterocycles. The molecule has 0 unspecified atom stereocenters. The first-order chi connectivity index (χ1) is 9.04. The molecule has 19 heavy (non-hydrogen) atoms. The van der Waals surface area contributed by atoms with Crippen molar-refractivity contribution >= 4 is 17.3 Å². The second-order valence-electron chi connectivity index (χ2n) is 6.15. The summed E-state index contributed by atoms with van der Waals surface area (Å²) >= 11 is 6.10. The molecule has 3 heteroatoms. The number of benzene rings is 1. The molecule has 106 valence electrons. The van der Waals surface area contributed by atoms with Gasteiger partial charge in [0.15, 0.2) is 0 Å². The lowest BCUT2D eigenvalue weighted by atomic mass is 10.1. The summed E-state index contributed by atoms with van der Waals surface area (Å²) in [6, 6.07) is 6.64. The van der Waals surface area contributed by atoms with E-state index in [2.05, 4.69) is 18.7 Å². The highest BCUT2D eigenvalue weighted by Gasteiger charge is 2.23. The zero-order valence-corrected chi connectivity index (χ0v) is 12.8. The third-order valence-electron chi connectivity index (χ3n) is 3.81. The molecular formula is C16H25ClN2. The highest BCUT2D eigenvalue weighted by atomic mass is 35.5. The van der Waals surface area contributed by atoms with Crippen LogP contribution < -0.4 is 5.73 Å². The molecule has 0 bridgehead atoms. The summed E-state index contributed by atoms with van der Waals surface area (Å²) in [6.07, 6.45) is 5.42. The number of rotatable bonds is 5. The first-order valence-electron chi connectivity index (χ1n) is 7.33. The van der Waals surface area contributed by atoms with Gasteiger partial charge in [-0.15, -0.1) is 0 Å². The molecule has 2 N–H and O–H groups in total. The van der Waals surface area contributed by atoms with Crippen LogP contribution in [0.4, 0.5) is 5.69 Å². The number of nitrogens with zero attached hydrogens (tertiary/aromatic N) is 1. The number of hydrogen-bond acceptors (Lipinski definition) is 2. The van der Waals surface area contributed by atoms with E-state index in [-0.39, 0.29) is 0 Å². The molecule has 1 saturated carbocycles. The minimum atomic E-state index is 0.692. The van der Waals surface area contributed by atoms with E-state index < -0.39 is 0 Å². The van der Waals surface area contributed by atoms with E-state index in [0.717, 1.165) is 29.8 Å². The standard InChI is InChI=1S/C16H25ClN2/c1-12(2)10-19(16-5-3-4-6-16)11-13-7-14(17)9-15(18)8-13/h7-9,12,16H,3-6,10-11,18H2,1-2H3. The van der Waals surface area contributed by atoms with Crippen LogP contribution in [0.5, 0.6) is 0 Å². The van der Waals surface area contributed by atoms with Crippen molar-refractivity contribution < 1.29 is 0 Å². The van der Waals surface area contributed by atoms with Crippen molar-refractivity contribution in [3.8, 4) is 0 Å². The van der Waals surface area contributed by atoms with Crippen LogP contribution in [0.1, 0.15) is 45.1 Å². The van der Waals surface area contributed by atoms with Crippen LogP contribution in [0.15, 0.2) is 18.2 Å². The summed E-state index contributed by atoms with van der Waals surface area (Å²) in [5, 5.41) is 0.742. The zero-order chi connectivity index (χ0) is 13.8. The van der Waals surface area contributed by atoms with Gasteiger partial charge in [0.05, 0.1) is 0 Å². The van der Waals surface area contributed by atoms with Crippen molar-refractivity contribution in [2.45, 2.75) is 52.1 Å². The lowest BCUT2D eigenvalue weighted by molar-refractivity contribution is 0.168. The molecule has 2 nitrogen and oxygen atoms in total. The summed E-state index contributed by atoms with van der Waals surface area (Å²) in [5.74, 6) is 0.692. The van der Waals surface area contributed by atoms with Gasteiger partial charge in [-0.25, -0.2) is 0 Å². The highest BCUT2D eigenvalue weighted by Crippen LogP contribution is 2.27. The van der Waals surface area contributed by atoms with E-state index in [1.165, 1.54) is 31.2 Å². The maximum absolute atomic E-state index is 6.10. The van der Waals surface area contributed by atoms with Gasteiger partial charge in [-0.1, -0.05) is 38.3 Å². The normalized spacial score (nSPS) is 16.7. The smallest absolute Gasteiger partial charge is 0.0429 e. The molecule has 0 aromatic heterocycles. The molecule has 0 spiro atoms. The number of anilines is 1. The first-order valence-corrected chi connectivity index (χ1v) is 7.71. The van der Waals surface area contributed by atoms with Gasteiger partial charge in [0.25, 0.3) is 0 Å². The Labute approximate surface area is 121 Å². The van der Waals surface area contributed by atoms with Crippen LogP contribution in [0.3, 0.4) is 0 Å². The van der Waals surface area contributed by atoms with Gasteiger partial charge < -0.3 is 5.73 Å². The molecule has 0 atom stereocenters. The van der Waals surface area contributed by atoms with Crippen molar-refractivity contribution in [3.63, 3.8) is 0 Å². The fourth-order valence-corrected chi connectivity index (χ4v) is 3.35. The van der Waals surface area contributed by atoms with Crippen molar-refractivity contribution in [2.75, 3.05) is 12.3 Å². The summed E-state index contributed by atoms with van der Waals surface area (Å²) in [5.41, 5.74) is 7.88. The van der Waals surface area contributed by atoms with Crippen LogP contribution in [-0.2, 0) is 6.54 Å². The predicted molar refractivity (Wildman–Crippen MR) is 83.4 cm³/mol. The van der Waals surface area contributed by atoms with E-state index >= 15 is 0 Å². The lowest BCUT2D eigenvalue weighted by Crippen LogP contribution is -2.35. The molecule has 1 fully saturated rings. The maximum Gasteiger partial charge on any atom is 0.0429 e. The molecule has 1 aliphatic carbocycles. The Morgan fingerprint density at radius 3 is 2.53 bits per heavy atom. The minimum absolute atomic E-state index is 0.692. The van der Waals surface area contributed by atoms with Crippen LogP contribution in [-0.4, -0.2) is 17.5 Å². The topological polar surface area (TPSA) is 29.3 Å². The van der Waals surface area contributed by atoms with E-state index in [9.17, 15) is 0 Å². The van der Waals surface area contributed by atoms with E-state index in [0.29, 0.717) is 5.92 Å². The van der Waals surface area contributed by atoms with Crippen molar-refractivity contribution in [1.82, 2.24) is 4.90 Å². The van der Waals surface area contributed by atoms with E-state index in [1.807, 2.05) is 18.2 Å². The quantitative estimate of drug-likeness (QED) is 0.814. The Morgan fingerprint density at radius 2 is 1.95 bits per heavy atom. The molecule has 0 amide bonds. The van der Waals surface area contributed by atoms with Gasteiger partial charge in [0.2, 0.25) is 0 Å². The molecule has 1 aliphatic rings. The minimum Gasteiger partial charge on any atom is -0.399 e. The zero-order valence-electron chi connectivity index (χ0n) is 12.0. The Balaban J connectivity index is 2.09. The second kappa shape index (κ2) is 6.62. The van der Waals surface area contributed by atoms with Gasteiger partial charge in [0.1, 0.15) is 0 Å². The number of hydrogen-bond donors (Lipinski definition) is 1. The molecule has 0 radical (unpaired) electrons. The van der Waals surface area contributed by atoms with Gasteiger partial charge in [-0.05, 0) is 42.5 Å². The van der Waals surface area contributed by atoms with Crippen LogP contribution in [0, 0.1) is 5.92 Å². The summed E-state index contributed by atoms with van der Waals surface area (Å²) in [7, 11) is 0. The Hall–Kier alpha value is -0.730. The molecule has 0 aliphatic heterocycles. The maximum atomic E-state index is 6.10. The van der Waals surface area contributed by atoms with Crippen LogP contribution in [0.25, 0.3) is 0 Å². The van der Waals surface area contributed by atoms with E-state index in [1.54, 1.807) is 0 Å². The third-order valence-corrected chi connectivity index (χ3v) is 4.02. The Bertz CT molecular complexity index is 391. The van der Waals surface area contributed by atoms with Gasteiger partial charge in [-0.2, -0.15) is 0 Å². The fourth-order valence-electron chi connectivity index (χ4n) is 3.08. The monoisotopic (exact) mass is 280 g/mol. The molecule has 2 rings (SSSR count).